The van der Waals surface area contributed by atoms with Crippen molar-refractivity contribution in [2.75, 3.05) is 118 Å². The van der Waals surface area contributed by atoms with E-state index in [1.54, 1.807) is 17.0 Å². The van der Waals surface area contributed by atoms with Crippen LogP contribution in [0.2, 0.25) is 0 Å². The molecule has 0 aromatic heterocycles. The molecule has 3 aliphatic rings. The van der Waals surface area contributed by atoms with E-state index < -0.39 is 30.1 Å². The number of rotatable bonds is 52. The number of ketones is 1. The number of nitrogens with one attached hydrogen (secondary N) is 5. The van der Waals surface area contributed by atoms with Crippen molar-refractivity contribution >= 4 is 80.4 Å². The minimum atomic E-state index is -0.868. The van der Waals surface area contributed by atoms with Crippen molar-refractivity contribution in [2.45, 2.75) is 200 Å². The summed E-state index contributed by atoms with van der Waals surface area (Å²) in [5.74, 6) is -1.39. The molecule has 118 heavy (non-hydrogen) atoms. The fourth-order valence-corrected chi connectivity index (χ4v) is 16.7. The topological polar surface area (TPSA) is 259 Å². The van der Waals surface area contributed by atoms with Crippen molar-refractivity contribution in [2.24, 2.45) is 5.92 Å². The number of ether oxygens (including phenoxy) is 5. The zero-order valence-corrected chi connectivity index (χ0v) is 72.3. The fraction of sp³-hybridized carbons (Fsp3) is 0.516. The van der Waals surface area contributed by atoms with Gasteiger partial charge in [-0.15, -0.1) is 0 Å². The molecule has 640 valence electrons. The number of hydrogen-bond acceptors (Lipinski definition) is 15. The number of phenols is 1. The predicted octanol–water partition coefficient (Wildman–Crippen LogP) is 10.3. The van der Waals surface area contributed by atoms with Gasteiger partial charge in [0.15, 0.2) is 5.71 Å². The van der Waals surface area contributed by atoms with Crippen LogP contribution in [-0.2, 0) is 87.5 Å². The Kier molecular flexibility index (Phi) is 38.5. The number of carbonyl (C=O) groups is 7. The number of halogens is 1. The number of amides is 6. The minimum Gasteiger partial charge on any atom is -1.00 e. The lowest BCUT2D eigenvalue weighted by Gasteiger charge is -2.40. The number of carbonyl (C=O) groups excluding carboxylic acids is 7. The van der Waals surface area contributed by atoms with Gasteiger partial charge >= 0.3 is 0 Å². The van der Waals surface area contributed by atoms with Gasteiger partial charge in [0.1, 0.15) is 30.8 Å². The monoisotopic (exact) mass is 1640 g/mol. The molecule has 4 atom stereocenters. The molecule has 0 saturated carbocycles. The van der Waals surface area contributed by atoms with Gasteiger partial charge in [0.05, 0.1) is 77.5 Å². The lowest BCUT2D eigenvalue weighted by molar-refractivity contribution is -0.401. The number of phenolic OH excluding ortho intramolecular Hbond substituents is 1. The van der Waals surface area contributed by atoms with E-state index in [4.69, 9.17) is 23.7 Å². The summed E-state index contributed by atoms with van der Waals surface area (Å²) < 4.78 is 30.2. The Balaban J connectivity index is 0.0000174. The number of unbranched alkanes of at least 4 members (excludes halogenated alkanes) is 6. The number of aromatic hydroxyl groups is 1. The Hall–Kier alpha value is -9.13. The van der Waals surface area contributed by atoms with E-state index >= 15 is 0 Å². The van der Waals surface area contributed by atoms with E-state index in [-0.39, 0.29) is 90.8 Å². The lowest BCUT2D eigenvalue weighted by atomic mass is 9.79. The van der Waals surface area contributed by atoms with Gasteiger partial charge in [0, 0.05) is 105 Å². The summed E-state index contributed by atoms with van der Waals surface area (Å²) in [6.45, 7) is 21.3. The highest BCUT2D eigenvalue weighted by Crippen LogP contribution is 2.51. The van der Waals surface area contributed by atoms with E-state index in [0.717, 1.165) is 66.5 Å². The first kappa shape index (κ1) is 94.4. The number of fused-ring (bicyclic) bond motifs is 7. The molecule has 6 aromatic carbocycles. The zero-order valence-electron chi connectivity index (χ0n) is 71.5. The molecule has 6 N–H and O–H groups in total. The van der Waals surface area contributed by atoms with Gasteiger partial charge in [-0.3, -0.25) is 38.5 Å². The third-order valence-electron chi connectivity index (χ3n) is 23.0. The third-order valence-corrected chi connectivity index (χ3v) is 23.0. The first-order valence-corrected chi connectivity index (χ1v) is 42.6. The van der Waals surface area contributed by atoms with Gasteiger partial charge in [-0.05, 0) is 185 Å². The number of likely N-dealkylation sites (N-methyl/N-ethyl adjacent to an activating group) is 1. The Morgan fingerprint density at radius 3 is 1.79 bits per heavy atom. The van der Waals surface area contributed by atoms with Crippen LogP contribution in [0.5, 0.6) is 5.75 Å². The van der Waals surface area contributed by atoms with Crippen LogP contribution in [0.1, 0.15) is 176 Å². The molecule has 0 bridgehead atoms. The number of benzene rings is 6. The molecule has 0 spiro atoms. The van der Waals surface area contributed by atoms with Crippen LogP contribution >= 0.6 is 0 Å². The van der Waals surface area contributed by atoms with Crippen LogP contribution in [0, 0.1) is 19.8 Å². The van der Waals surface area contributed by atoms with Gasteiger partial charge in [0.25, 0.3) is 0 Å². The van der Waals surface area contributed by atoms with Gasteiger partial charge in [0.2, 0.25) is 41.6 Å². The second-order valence-electron chi connectivity index (χ2n) is 32.5. The summed E-state index contributed by atoms with van der Waals surface area (Å²) in [6.07, 6.45) is 20.9. The number of anilines is 1. The van der Waals surface area contributed by atoms with Gasteiger partial charge in [-0.2, -0.15) is 4.58 Å². The highest BCUT2D eigenvalue weighted by atomic mass is 35.5. The Bertz CT molecular complexity index is 4420. The molecule has 0 radical (unpaired) electrons. The van der Waals surface area contributed by atoms with Crippen molar-refractivity contribution in [3.8, 4) is 5.75 Å². The van der Waals surface area contributed by atoms with E-state index in [0.29, 0.717) is 150 Å². The first-order valence-electron chi connectivity index (χ1n) is 42.6. The average molecular weight is 1640 g/mol. The normalized spacial score (nSPS) is 15.8. The van der Waals surface area contributed by atoms with Crippen molar-refractivity contribution in [3.63, 3.8) is 0 Å². The molecule has 9 rings (SSSR count). The van der Waals surface area contributed by atoms with Gasteiger partial charge < -0.3 is 77.6 Å². The fourth-order valence-electron chi connectivity index (χ4n) is 16.7. The van der Waals surface area contributed by atoms with Gasteiger partial charge in [-0.25, -0.2) is 0 Å². The van der Waals surface area contributed by atoms with Crippen LogP contribution in [0.4, 0.5) is 11.4 Å². The summed E-state index contributed by atoms with van der Waals surface area (Å²) in [4.78, 5) is 101. The molecule has 22 nitrogen and oxygen atoms in total. The quantitative estimate of drug-likeness (QED) is 0.00682. The molecule has 6 amide bonds. The van der Waals surface area contributed by atoms with Crippen LogP contribution in [0.15, 0.2) is 145 Å². The number of nitrogens with zero attached hydrogens (tertiary/aromatic N) is 4. The molecule has 23 heteroatoms. The number of hydrogen-bond donors (Lipinski definition) is 6. The Morgan fingerprint density at radius 2 is 1.18 bits per heavy atom. The maximum Gasteiger partial charge on any atom is 0.244 e. The van der Waals surface area contributed by atoms with E-state index in [1.807, 2.05) is 57.1 Å². The molecular weight excluding hydrogens is 1510 g/mol. The second-order valence-corrected chi connectivity index (χ2v) is 32.5. The van der Waals surface area contributed by atoms with Gasteiger partial charge in [-0.1, -0.05) is 144 Å². The molecule has 2 unspecified atom stereocenters. The highest BCUT2D eigenvalue weighted by Gasteiger charge is 2.45. The minimum absolute atomic E-state index is 0. The van der Waals surface area contributed by atoms with Crippen molar-refractivity contribution in [3.05, 3.63) is 184 Å². The molecule has 0 aliphatic carbocycles. The predicted molar refractivity (Wildman–Crippen MR) is 464 cm³/mol. The van der Waals surface area contributed by atoms with Crippen LogP contribution < -0.4 is 43.9 Å². The summed E-state index contributed by atoms with van der Waals surface area (Å²) in [5, 5.41) is 30.1. The van der Waals surface area contributed by atoms with E-state index in [2.05, 4.69) is 181 Å². The van der Waals surface area contributed by atoms with Crippen LogP contribution in [0.3, 0.4) is 0 Å². The molecule has 6 aromatic rings. The van der Waals surface area contributed by atoms with Crippen LogP contribution in [-0.4, -0.2) is 199 Å². The molecule has 3 heterocycles. The molecule has 3 aliphatic heterocycles. The summed E-state index contributed by atoms with van der Waals surface area (Å²) >= 11 is 0. The maximum atomic E-state index is 14.8. The largest absolute Gasteiger partial charge is 1.00 e. The first-order chi connectivity index (χ1) is 56.5. The van der Waals surface area contributed by atoms with Crippen LogP contribution in [0.25, 0.3) is 21.5 Å². The van der Waals surface area contributed by atoms with Crippen molar-refractivity contribution in [1.29, 1.82) is 0 Å². The SMILES string of the molecule is CCCCCNC(=O)CCOCCOCCOCCOCCOCCC(=O)NCCCCC(CC(=O)CCCCCN1C(=CC=CC=CC2=[N+](C)c3ccc4ccccc4c3C2(C)C)C(C)(C)c2c1ccc1ccccc21)C(=O)NCCCCC(NC=O)NC(=O)[C@@H]1Cc2ccccc2CN1C(=O)[C@H](Cc1c(C)cc(O)cc1C)N(C)C.[Cl-]. The standard InChI is InChI=1S/C95H129N9O13.ClH/c1-11-12-26-47-96-87(108)45-51-113-53-55-115-57-59-117-60-58-116-56-54-114-52-46-88(109)97-48-27-24-33-73(91(110)98-49-28-25-40-86(99-67-105)100-92(111)82-64-72-32-18-19-34-74(72)66-104(82)93(112)83(101(8)9)65-79-68(2)61-76(107)62-69(79)3)63-75(106)35-15-14-29-50-103-81-44-42-71-31-21-23-37-78(71)90(81)95(6,7)85(103)39-17-13-16-38-84-94(4,5)89-77-36-22-20-30-70(77)41-43-80(89)102(84)10;/h13,16-23,30-32,34,36-39,41-44,61-62,67,73,82-83,86H,11-12,14-15,24-29,33,35,40,45-60,63-66H2,1-10H3,(H5-,96,97,98,99,100,105,107,108,109,110,111);1H/t73?,82-,83-,86?;/m0./s1. The summed E-state index contributed by atoms with van der Waals surface area (Å²) in [6, 6.07) is 35.8. The maximum absolute atomic E-state index is 14.8. The van der Waals surface area contributed by atoms with Crippen molar-refractivity contribution < 1.29 is 79.3 Å². The molecule has 0 fully saturated rings. The Morgan fingerprint density at radius 1 is 0.619 bits per heavy atom. The van der Waals surface area contributed by atoms with Crippen molar-refractivity contribution in [1.82, 2.24) is 36.4 Å². The zero-order chi connectivity index (χ0) is 83.7. The smallest absolute Gasteiger partial charge is 0.244 e. The lowest BCUT2D eigenvalue weighted by Crippen LogP contribution is -3.00. The average Bonchev–Trinajstić information content (AvgIpc) is 1.58. The highest BCUT2D eigenvalue weighted by molar-refractivity contribution is 6.08. The molecular formula is C95H130ClN9O13. The van der Waals surface area contributed by atoms with E-state index in [1.165, 1.54) is 55.5 Å². The van der Waals surface area contributed by atoms with E-state index in [9.17, 15) is 38.7 Å². The number of allylic oxidation sites excluding steroid dienone is 6. The number of aryl methyl sites for hydroxylation is 2. The summed E-state index contributed by atoms with van der Waals surface area (Å²) in [7, 11) is 5.85. The number of Topliss-reactive ketones (excluding diaryl/α,β-unsaturated/α-hetero) is 1. The summed E-state index contributed by atoms with van der Waals surface area (Å²) in [5.41, 5.74) is 11.6. The third kappa shape index (κ3) is 26.9. The second kappa shape index (κ2) is 48.2. The molecule has 0 saturated heterocycles. The Labute approximate surface area is 706 Å².